The Morgan fingerprint density at radius 2 is 2.00 bits per heavy atom. The molecule has 0 bridgehead atoms. The number of rotatable bonds is 4. The van der Waals surface area contributed by atoms with Crippen LogP contribution in [0.1, 0.15) is 57.7 Å². The summed E-state index contributed by atoms with van der Waals surface area (Å²) in [4.78, 5) is 21.0. The zero-order valence-corrected chi connectivity index (χ0v) is 14.4. The van der Waals surface area contributed by atoms with E-state index in [1.807, 2.05) is 0 Å². The molecular formula is C16H26N4OS. The number of anilines is 1. The minimum atomic E-state index is 0.361. The second-order valence-corrected chi connectivity index (χ2v) is 7.55. The number of hydrogen-bond donors (Lipinski definition) is 0. The van der Waals surface area contributed by atoms with Crippen LogP contribution in [0.15, 0.2) is 0 Å². The fourth-order valence-corrected chi connectivity index (χ4v) is 4.12. The third-order valence-electron chi connectivity index (χ3n) is 4.73. The van der Waals surface area contributed by atoms with Gasteiger partial charge in [-0.2, -0.15) is 4.37 Å². The fourth-order valence-electron chi connectivity index (χ4n) is 3.26. The maximum absolute atomic E-state index is 11.9. The molecule has 0 atom stereocenters. The minimum absolute atomic E-state index is 0.361. The maximum atomic E-state index is 11.9. The third kappa shape index (κ3) is 3.59. The van der Waals surface area contributed by atoms with Crippen molar-refractivity contribution in [1.82, 2.24) is 14.3 Å². The first-order chi connectivity index (χ1) is 10.6. The Morgan fingerprint density at radius 1 is 1.23 bits per heavy atom. The van der Waals surface area contributed by atoms with E-state index in [2.05, 4.69) is 33.0 Å². The van der Waals surface area contributed by atoms with Crippen molar-refractivity contribution in [3.05, 3.63) is 5.82 Å². The number of aromatic nitrogens is 2. The third-order valence-corrected chi connectivity index (χ3v) is 5.52. The highest BCUT2D eigenvalue weighted by Gasteiger charge is 2.26. The van der Waals surface area contributed by atoms with Gasteiger partial charge in [0, 0.05) is 50.1 Å². The van der Waals surface area contributed by atoms with Gasteiger partial charge in [0.1, 0.15) is 5.82 Å². The number of likely N-dealkylation sites (tertiary alicyclic amines) is 1. The zero-order valence-electron chi connectivity index (χ0n) is 13.6. The summed E-state index contributed by atoms with van der Waals surface area (Å²) in [5.74, 6) is 2.36. The van der Waals surface area contributed by atoms with Crippen LogP contribution in [0.3, 0.4) is 0 Å². The molecule has 1 amide bonds. The van der Waals surface area contributed by atoms with Gasteiger partial charge in [-0.25, -0.2) is 4.98 Å². The van der Waals surface area contributed by atoms with Gasteiger partial charge in [0.25, 0.3) is 0 Å². The Balaban J connectivity index is 1.50. The summed E-state index contributed by atoms with van der Waals surface area (Å²) in [5.41, 5.74) is 0. The molecule has 2 fully saturated rings. The summed E-state index contributed by atoms with van der Waals surface area (Å²) in [7, 11) is 0. The summed E-state index contributed by atoms with van der Waals surface area (Å²) in [6.07, 6.45) is 5.30. The molecule has 6 heteroatoms. The second-order valence-electron chi connectivity index (χ2n) is 6.82. The van der Waals surface area contributed by atoms with Crippen molar-refractivity contribution in [1.29, 1.82) is 0 Å². The molecule has 0 unspecified atom stereocenters. The molecule has 3 rings (SSSR count). The van der Waals surface area contributed by atoms with Gasteiger partial charge in [-0.05, 0) is 31.6 Å². The summed E-state index contributed by atoms with van der Waals surface area (Å²) >= 11 is 1.52. The Kier molecular flexibility index (Phi) is 4.96. The molecule has 0 spiro atoms. The lowest BCUT2D eigenvalue weighted by molar-refractivity contribution is -0.134. The van der Waals surface area contributed by atoms with Gasteiger partial charge in [-0.15, -0.1) is 0 Å². The van der Waals surface area contributed by atoms with Crippen LogP contribution in [-0.2, 0) is 4.79 Å². The zero-order chi connectivity index (χ0) is 15.5. The number of carbonyl (C=O) groups is 1. The highest BCUT2D eigenvalue weighted by Crippen LogP contribution is 2.27. The van der Waals surface area contributed by atoms with E-state index in [1.54, 1.807) is 0 Å². The molecule has 0 N–H and O–H groups in total. The first kappa shape index (κ1) is 15.7. The Labute approximate surface area is 136 Å². The van der Waals surface area contributed by atoms with Crippen molar-refractivity contribution in [2.24, 2.45) is 5.92 Å². The molecule has 22 heavy (non-hydrogen) atoms. The highest BCUT2D eigenvalue weighted by atomic mass is 32.1. The van der Waals surface area contributed by atoms with Gasteiger partial charge in [0.2, 0.25) is 11.0 Å². The lowest BCUT2D eigenvalue weighted by Gasteiger charge is -2.35. The van der Waals surface area contributed by atoms with Crippen LogP contribution in [-0.4, -0.2) is 46.3 Å². The molecule has 5 nitrogen and oxygen atoms in total. The SMILES string of the molecule is CC(C)c1nsc(N2CCC(CN3CCCCC3=O)CC2)n1. The molecule has 1 aromatic heterocycles. The number of carbonyl (C=O) groups excluding carboxylic acids is 1. The van der Waals surface area contributed by atoms with Gasteiger partial charge in [0.05, 0.1) is 0 Å². The molecule has 0 radical (unpaired) electrons. The Bertz CT molecular complexity index is 508. The molecule has 122 valence electrons. The quantitative estimate of drug-likeness (QED) is 0.855. The van der Waals surface area contributed by atoms with E-state index >= 15 is 0 Å². The Morgan fingerprint density at radius 3 is 2.64 bits per heavy atom. The predicted octanol–water partition coefficient (Wildman–Crippen LogP) is 2.89. The Hall–Kier alpha value is -1.17. The molecule has 0 aliphatic carbocycles. The van der Waals surface area contributed by atoms with E-state index in [0.717, 1.165) is 62.8 Å². The molecular weight excluding hydrogens is 296 g/mol. The lowest BCUT2D eigenvalue weighted by atomic mass is 9.95. The van der Waals surface area contributed by atoms with E-state index in [1.165, 1.54) is 18.0 Å². The van der Waals surface area contributed by atoms with Crippen LogP contribution in [0, 0.1) is 5.92 Å². The minimum Gasteiger partial charge on any atom is -0.347 e. The average Bonchev–Trinajstić information content (AvgIpc) is 3.00. The standard InChI is InChI=1S/C16H26N4OS/c1-12(2)15-17-16(22-18-15)19-9-6-13(7-10-19)11-20-8-4-3-5-14(20)21/h12-13H,3-11H2,1-2H3. The second kappa shape index (κ2) is 6.94. The summed E-state index contributed by atoms with van der Waals surface area (Å²) < 4.78 is 4.45. The van der Waals surface area contributed by atoms with Gasteiger partial charge < -0.3 is 9.80 Å². The average molecular weight is 322 g/mol. The van der Waals surface area contributed by atoms with E-state index in [0.29, 0.717) is 17.7 Å². The van der Waals surface area contributed by atoms with Crippen LogP contribution < -0.4 is 4.90 Å². The summed E-state index contributed by atoms with van der Waals surface area (Å²) in [6, 6.07) is 0. The van der Waals surface area contributed by atoms with Gasteiger partial charge in [-0.1, -0.05) is 13.8 Å². The van der Waals surface area contributed by atoms with Crippen LogP contribution in [0.4, 0.5) is 5.13 Å². The molecule has 0 saturated carbocycles. The first-order valence-corrected chi connectivity index (χ1v) is 9.27. The monoisotopic (exact) mass is 322 g/mol. The number of hydrogen-bond acceptors (Lipinski definition) is 5. The fraction of sp³-hybridized carbons (Fsp3) is 0.812. The van der Waals surface area contributed by atoms with Crippen molar-refractivity contribution in [2.45, 2.75) is 51.9 Å². The van der Waals surface area contributed by atoms with Crippen LogP contribution in [0.2, 0.25) is 0 Å². The number of piperidine rings is 2. The van der Waals surface area contributed by atoms with Crippen molar-refractivity contribution in [3.8, 4) is 0 Å². The normalized spacial score (nSPS) is 21.0. The van der Waals surface area contributed by atoms with Gasteiger partial charge in [0.15, 0.2) is 0 Å². The lowest BCUT2D eigenvalue weighted by Crippen LogP contribution is -2.42. The van der Waals surface area contributed by atoms with E-state index in [-0.39, 0.29) is 0 Å². The van der Waals surface area contributed by atoms with Gasteiger partial charge in [-0.3, -0.25) is 4.79 Å². The summed E-state index contributed by atoms with van der Waals surface area (Å²) in [5, 5.41) is 1.07. The van der Waals surface area contributed by atoms with Crippen molar-refractivity contribution in [2.75, 3.05) is 31.1 Å². The van der Waals surface area contributed by atoms with Crippen molar-refractivity contribution < 1.29 is 4.79 Å². The predicted molar refractivity (Wildman–Crippen MR) is 89.4 cm³/mol. The van der Waals surface area contributed by atoms with Crippen LogP contribution >= 0.6 is 11.5 Å². The highest BCUT2D eigenvalue weighted by molar-refractivity contribution is 7.09. The maximum Gasteiger partial charge on any atom is 0.222 e. The molecule has 0 aromatic carbocycles. The van der Waals surface area contributed by atoms with Gasteiger partial charge >= 0.3 is 0 Å². The topological polar surface area (TPSA) is 49.3 Å². The van der Waals surface area contributed by atoms with E-state index < -0.39 is 0 Å². The van der Waals surface area contributed by atoms with Crippen molar-refractivity contribution >= 4 is 22.6 Å². The molecule has 3 heterocycles. The first-order valence-electron chi connectivity index (χ1n) is 8.50. The molecule has 1 aromatic rings. The largest absolute Gasteiger partial charge is 0.347 e. The molecule has 2 saturated heterocycles. The van der Waals surface area contributed by atoms with Crippen molar-refractivity contribution in [3.63, 3.8) is 0 Å². The molecule has 2 aliphatic rings. The smallest absolute Gasteiger partial charge is 0.222 e. The summed E-state index contributed by atoms with van der Waals surface area (Å²) in [6.45, 7) is 8.27. The number of amides is 1. The van der Waals surface area contributed by atoms with Crippen LogP contribution in [0.5, 0.6) is 0 Å². The number of nitrogens with zero attached hydrogens (tertiary/aromatic N) is 4. The van der Waals surface area contributed by atoms with Crippen LogP contribution in [0.25, 0.3) is 0 Å². The van der Waals surface area contributed by atoms with E-state index in [9.17, 15) is 4.79 Å². The van der Waals surface area contributed by atoms with E-state index in [4.69, 9.17) is 0 Å². The molecule has 2 aliphatic heterocycles.